The summed E-state index contributed by atoms with van der Waals surface area (Å²) < 4.78 is 9.95. The molecular weight excluding hydrogens is 202 g/mol. The zero-order valence-corrected chi connectivity index (χ0v) is 8.56. The fourth-order valence-electron chi connectivity index (χ4n) is 0.940. The van der Waals surface area contributed by atoms with Gasteiger partial charge in [-0.1, -0.05) is 0 Å². The highest BCUT2D eigenvalue weighted by atomic mass is 16.5. The van der Waals surface area contributed by atoms with Crippen LogP contribution in [0, 0.1) is 0 Å². The maximum absolute atomic E-state index is 11.3. The van der Waals surface area contributed by atoms with Gasteiger partial charge in [-0.2, -0.15) is 5.21 Å². The summed E-state index contributed by atoms with van der Waals surface area (Å²) in [7, 11) is 3.11. The van der Waals surface area contributed by atoms with E-state index in [4.69, 9.17) is 9.47 Å². The van der Waals surface area contributed by atoms with E-state index in [9.17, 15) is 4.79 Å². The number of nitrogens with zero attached hydrogens (tertiary/aromatic N) is 3. The highest BCUT2D eigenvalue weighted by molar-refractivity contribution is 5.89. The van der Waals surface area contributed by atoms with Crippen LogP contribution in [0.2, 0.25) is 0 Å². The van der Waals surface area contributed by atoms with Gasteiger partial charge >= 0.3 is 0 Å². The number of carbonyl (C=O) groups is 1. The second-order valence-corrected chi connectivity index (χ2v) is 2.76. The van der Waals surface area contributed by atoms with Gasteiger partial charge in [0.1, 0.15) is 0 Å². The molecule has 1 rings (SSSR count). The fourth-order valence-corrected chi connectivity index (χ4v) is 0.940. The maximum atomic E-state index is 11.3. The molecule has 0 saturated carbocycles. The molecule has 1 atom stereocenters. The molecule has 0 saturated heterocycles. The quantitative estimate of drug-likeness (QED) is 0.604. The first-order valence-corrected chi connectivity index (χ1v) is 4.31. The minimum atomic E-state index is -0.401. The molecule has 1 aromatic heterocycles. The number of amides is 1. The van der Waals surface area contributed by atoms with E-state index < -0.39 is 5.91 Å². The molecule has 0 aromatic carbocycles. The minimum absolute atomic E-state index is 0.00210. The zero-order chi connectivity index (χ0) is 11.1. The summed E-state index contributed by atoms with van der Waals surface area (Å²) in [5, 5.41) is 15.1. The number of hydrogen-bond donors (Lipinski definition) is 2. The van der Waals surface area contributed by atoms with Crippen LogP contribution in [0.25, 0.3) is 0 Å². The molecule has 1 unspecified atom stereocenters. The van der Waals surface area contributed by atoms with Crippen LogP contribution in [-0.4, -0.2) is 60.0 Å². The Morgan fingerprint density at radius 2 is 2.40 bits per heavy atom. The van der Waals surface area contributed by atoms with E-state index in [2.05, 4.69) is 25.9 Å². The van der Waals surface area contributed by atoms with Gasteiger partial charge < -0.3 is 14.8 Å². The summed E-state index contributed by atoms with van der Waals surface area (Å²) in [6.07, 6.45) is -0.189. The normalized spacial score (nSPS) is 12.4. The van der Waals surface area contributed by atoms with Crippen LogP contribution >= 0.6 is 0 Å². The first-order valence-electron chi connectivity index (χ1n) is 4.31. The third kappa shape index (κ3) is 3.60. The Morgan fingerprint density at radius 3 is 2.93 bits per heavy atom. The summed E-state index contributed by atoms with van der Waals surface area (Å²) in [4.78, 5) is 11.3. The van der Waals surface area contributed by atoms with Crippen molar-refractivity contribution in [2.24, 2.45) is 0 Å². The number of aromatic nitrogens is 4. The Bertz CT molecular complexity index is 289. The third-order valence-corrected chi connectivity index (χ3v) is 1.72. The Kier molecular flexibility index (Phi) is 4.64. The minimum Gasteiger partial charge on any atom is -0.382 e. The number of hydrogen-bond acceptors (Lipinski definition) is 6. The van der Waals surface area contributed by atoms with Gasteiger partial charge in [0, 0.05) is 20.8 Å². The molecule has 1 heterocycles. The molecule has 0 bridgehead atoms. The first-order chi connectivity index (χ1) is 7.27. The second kappa shape index (κ2) is 6.04. The number of tetrazole rings is 1. The molecule has 2 N–H and O–H groups in total. The van der Waals surface area contributed by atoms with Crippen molar-refractivity contribution < 1.29 is 14.3 Å². The van der Waals surface area contributed by atoms with E-state index >= 15 is 0 Å². The van der Waals surface area contributed by atoms with Crippen molar-refractivity contribution in [1.29, 1.82) is 0 Å². The van der Waals surface area contributed by atoms with Crippen molar-refractivity contribution in [3.63, 3.8) is 0 Å². The second-order valence-electron chi connectivity index (χ2n) is 2.76. The van der Waals surface area contributed by atoms with E-state index in [0.29, 0.717) is 13.2 Å². The summed E-state index contributed by atoms with van der Waals surface area (Å²) in [5.41, 5.74) is 0. The molecule has 15 heavy (non-hydrogen) atoms. The van der Waals surface area contributed by atoms with Gasteiger partial charge in [0.2, 0.25) is 0 Å². The van der Waals surface area contributed by atoms with Gasteiger partial charge in [-0.05, 0) is 5.21 Å². The van der Waals surface area contributed by atoms with Gasteiger partial charge in [0.05, 0.1) is 12.7 Å². The molecule has 1 aromatic rings. The molecule has 0 radical (unpaired) electrons. The molecule has 8 nitrogen and oxygen atoms in total. The van der Waals surface area contributed by atoms with Crippen LogP contribution in [0.3, 0.4) is 0 Å². The molecule has 1 amide bonds. The smallest absolute Gasteiger partial charge is 0.292 e. The highest BCUT2D eigenvalue weighted by Gasteiger charge is 2.13. The molecule has 0 aliphatic heterocycles. The van der Waals surface area contributed by atoms with Crippen LogP contribution in [0.5, 0.6) is 0 Å². The number of methoxy groups -OCH3 is 2. The van der Waals surface area contributed by atoms with Crippen molar-refractivity contribution >= 4 is 5.91 Å². The number of ether oxygens (including phenoxy) is 2. The largest absolute Gasteiger partial charge is 0.382 e. The number of carbonyl (C=O) groups excluding carboxylic acids is 1. The average Bonchev–Trinajstić information content (AvgIpc) is 2.77. The number of aromatic amines is 1. The van der Waals surface area contributed by atoms with Crippen molar-refractivity contribution in [3.05, 3.63) is 5.82 Å². The van der Waals surface area contributed by atoms with Crippen molar-refractivity contribution in [2.45, 2.75) is 6.10 Å². The lowest BCUT2D eigenvalue weighted by atomic mass is 10.3. The van der Waals surface area contributed by atoms with Crippen LogP contribution in [0.4, 0.5) is 0 Å². The molecule has 8 heteroatoms. The average molecular weight is 215 g/mol. The zero-order valence-electron chi connectivity index (χ0n) is 8.56. The van der Waals surface area contributed by atoms with Crippen LogP contribution in [-0.2, 0) is 9.47 Å². The van der Waals surface area contributed by atoms with Crippen molar-refractivity contribution in [2.75, 3.05) is 27.4 Å². The summed E-state index contributed by atoms with van der Waals surface area (Å²) in [6, 6.07) is 0. The molecule has 84 valence electrons. The lowest BCUT2D eigenvalue weighted by molar-refractivity contribution is 0.0284. The standard InChI is InChI=1S/C7H13N5O3/c1-14-4-5(15-2)3-8-7(13)6-9-11-12-10-6/h5H,3-4H2,1-2H3,(H,8,13)(H,9,10,11,12). The highest BCUT2D eigenvalue weighted by Crippen LogP contribution is 1.90. The van der Waals surface area contributed by atoms with Gasteiger partial charge in [0.25, 0.3) is 11.7 Å². The van der Waals surface area contributed by atoms with Crippen LogP contribution < -0.4 is 5.32 Å². The fraction of sp³-hybridized carbons (Fsp3) is 0.714. The molecular formula is C7H13N5O3. The Balaban J connectivity index is 2.33. The van der Waals surface area contributed by atoms with Crippen molar-refractivity contribution in [3.8, 4) is 0 Å². The maximum Gasteiger partial charge on any atom is 0.292 e. The van der Waals surface area contributed by atoms with Crippen LogP contribution in [0.15, 0.2) is 0 Å². The van der Waals surface area contributed by atoms with Gasteiger partial charge in [-0.25, -0.2) is 0 Å². The Morgan fingerprint density at radius 1 is 1.60 bits per heavy atom. The van der Waals surface area contributed by atoms with E-state index in [0.717, 1.165) is 0 Å². The lowest BCUT2D eigenvalue weighted by Crippen LogP contribution is -2.36. The van der Waals surface area contributed by atoms with E-state index in [1.165, 1.54) is 0 Å². The van der Waals surface area contributed by atoms with E-state index in [1.54, 1.807) is 14.2 Å². The van der Waals surface area contributed by atoms with Gasteiger partial charge in [-0.3, -0.25) is 4.79 Å². The predicted octanol–water partition coefficient (Wildman–Crippen LogP) is -1.41. The molecule has 0 aliphatic rings. The summed E-state index contributed by atoms with van der Waals surface area (Å²) >= 11 is 0. The number of H-pyrrole nitrogens is 1. The summed E-state index contributed by atoms with van der Waals surface area (Å²) in [5.74, 6) is -0.399. The molecule has 0 spiro atoms. The topological polar surface area (TPSA) is 102 Å². The van der Waals surface area contributed by atoms with Gasteiger partial charge in [0.15, 0.2) is 0 Å². The predicted molar refractivity (Wildman–Crippen MR) is 49.2 cm³/mol. The van der Waals surface area contributed by atoms with Gasteiger partial charge in [-0.15, -0.1) is 10.2 Å². The Labute approximate surface area is 86.3 Å². The molecule has 0 fully saturated rings. The first kappa shape index (κ1) is 11.5. The SMILES string of the molecule is COCC(CNC(=O)c1nn[nH]n1)OC. The van der Waals surface area contributed by atoms with E-state index in [-0.39, 0.29) is 11.9 Å². The van der Waals surface area contributed by atoms with Crippen LogP contribution in [0.1, 0.15) is 10.6 Å². The lowest BCUT2D eigenvalue weighted by Gasteiger charge is -2.13. The van der Waals surface area contributed by atoms with Crippen molar-refractivity contribution in [1.82, 2.24) is 25.9 Å². The number of nitrogens with one attached hydrogen (secondary N) is 2. The Hall–Kier alpha value is -1.54. The van der Waals surface area contributed by atoms with E-state index in [1.807, 2.05) is 0 Å². The molecule has 0 aliphatic carbocycles. The third-order valence-electron chi connectivity index (χ3n) is 1.72. The number of rotatable bonds is 6. The summed E-state index contributed by atoms with van der Waals surface area (Å²) in [6.45, 7) is 0.737. The monoisotopic (exact) mass is 215 g/mol.